The molecule has 0 unspecified atom stereocenters. The third-order valence-electron chi connectivity index (χ3n) is 4.70. The number of nitrogens with zero attached hydrogens (tertiary/aromatic N) is 1. The van der Waals surface area contributed by atoms with E-state index in [4.69, 9.17) is 21.1 Å². The molecule has 7 nitrogen and oxygen atoms in total. The van der Waals surface area contributed by atoms with Crippen LogP contribution in [0.15, 0.2) is 47.4 Å². The number of methoxy groups -OCH3 is 1. The SMILES string of the molecule is CCOc1c(Cl)cc(/C=C/C(=O)NCc2ccc(S(=O)(=O)N(CC)CC)cc2)cc1OC. The van der Waals surface area contributed by atoms with Crippen LogP contribution in [0.3, 0.4) is 0 Å². The highest BCUT2D eigenvalue weighted by molar-refractivity contribution is 7.89. The van der Waals surface area contributed by atoms with Gasteiger partial charge in [-0.15, -0.1) is 0 Å². The predicted molar refractivity (Wildman–Crippen MR) is 127 cm³/mol. The fourth-order valence-electron chi connectivity index (χ4n) is 3.03. The van der Waals surface area contributed by atoms with Gasteiger partial charge in [-0.1, -0.05) is 37.6 Å². The lowest BCUT2D eigenvalue weighted by Gasteiger charge is -2.18. The Bertz CT molecular complexity index is 1050. The summed E-state index contributed by atoms with van der Waals surface area (Å²) in [6, 6.07) is 9.91. The van der Waals surface area contributed by atoms with Crippen molar-refractivity contribution in [2.45, 2.75) is 32.2 Å². The second-order valence-electron chi connectivity index (χ2n) is 6.75. The van der Waals surface area contributed by atoms with Crippen molar-refractivity contribution < 1.29 is 22.7 Å². The van der Waals surface area contributed by atoms with E-state index in [0.717, 1.165) is 5.56 Å². The van der Waals surface area contributed by atoms with Gasteiger partial charge < -0.3 is 14.8 Å². The maximum Gasteiger partial charge on any atom is 0.244 e. The van der Waals surface area contributed by atoms with Gasteiger partial charge in [-0.2, -0.15) is 4.31 Å². The van der Waals surface area contributed by atoms with Crippen molar-refractivity contribution in [3.05, 3.63) is 58.6 Å². The molecule has 0 fully saturated rings. The summed E-state index contributed by atoms with van der Waals surface area (Å²) in [5.41, 5.74) is 1.48. The van der Waals surface area contributed by atoms with Crippen molar-refractivity contribution in [2.24, 2.45) is 0 Å². The molecule has 2 rings (SSSR count). The third kappa shape index (κ3) is 6.48. The number of carbonyl (C=O) groups is 1. The highest BCUT2D eigenvalue weighted by Gasteiger charge is 2.21. The van der Waals surface area contributed by atoms with Gasteiger partial charge in [-0.05, 0) is 48.4 Å². The first-order valence-electron chi connectivity index (χ1n) is 10.3. The van der Waals surface area contributed by atoms with E-state index in [2.05, 4.69) is 5.32 Å². The van der Waals surface area contributed by atoms with Gasteiger partial charge >= 0.3 is 0 Å². The summed E-state index contributed by atoms with van der Waals surface area (Å²) in [7, 11) is -1.98. The maximum atomic E-state index is 12.5. The van der Waals surface area contributed by atoms with Gasteiger partial charge in [0.05, 0.1) is 23.6 Å². The molecule has 174 valence electrons. The highest BCUT2D eigenvalue weighted by atomic mass is 35.5. The van der Waals surface area contributed by atoms with Crippen molar-refractivity contribution in [1.29, 1.82) is 0 Å². The Kier molecular flexibility index (Phi) is 9.56. The summed E-state index contributed by atoms with van der Waals surface area (Å²) in [6.45, 7) is 7.00. The average Bonchev–Trinajstić information content (AvgIpc) is 2.78. The summed E-state index contributed by atoms with van der Waals surface area (Å²) < 4.78 is 37.3. The van der Waals surface area contributed by atoms with Crippen LogP contribution in [0, 0.1) is 0 Å². The van der Waals surface area contributed by atoms with Crippen LogP contribution in [0.1, 0.15) is 31.9 Å². The Labute approximate surface area is 195 Å². The smallest absolute Gasteiger partial charge is 0.244 e. The molecule has 0 atom stereocenters. The average molecular weight is 481 g/mol. The van der Waals surface area contributed by atoms with Gasteiger partial charge in [0, 0.05) is 25.7 Å². The van der Waals surface area contributed by atoms with Crippen LogP contribution in [0.25, 0.3) is 6.08 Å². The molecule has 2 aromatic rings. The van der Waals surface area contributed by atoms with Crippen LogP contribution in [-0.2, 0) is 21.4 Å². The Morgan fingerprint density at radius 1 is 1.12 bits per heavy atom. The number of rotatable bonds is 11. The second kappa shape index (κ2) is 11.9. The fourth-order valence-corrected chi connectivity index (χ4v) is 4.76. The van der Waals surface area contributed by atoms with Crippen LogP contribution in [0.4, 0.5) is 0 Å². The van der Waals surface area contributed by atoms with E-state index in [1.165, 1.54) is 17.5 Å². The quantitative estimate of drug-likeness (QED) is 0.489. The summed E-state index contributed by atoms with van der Waals surface area (Å²) in [5.74, 6) is 0.651. The molecule has 0 aromatic heterocycles. The van der Waals surface area contributed by atoms with Crippen LogP contribution >= 0.6 is 11.6 Å². The summed E-state index contributed by atoms with van der Waals surface area (Å²) >= 11 is 6.25. The number of benzene rings is 2. The Morgan fingerprint density at radius 2 is 1.78 bits per heavy atom. The van der Waals surface area contributed by atoms with Crippen molar-refractivity contribution in [2.75, 3.05) is 26.8 Å². The molecule has 9 heteroatoms. The largest absolute Gasteiger partial charge is 0.493 e. The van der Waals surface area contributed by atoms with E-state index in [1.807, 2.05) is 6.92 Å². The third-order valence-corrected chi connectivity index (χ3v) is 7.05. The number of nitrogens with one attached hydrogen (secondary N) is 1. The van der Waals surface area contributed by atoms with Crippen LogP contribution in [0.2, 0.25) is 5.02 Å². The second-order valence-corrected chi connectivity index (χ2v) is 9.10. The summed E-state index contributed by atoms with van der Waals surface area (Å²) in [6.07, 6.45) is 3.02. The van der Waals surface area contributed by atoms with Crippen molar-refractivity contribution in [3.8, 4) is 11.5 Å². The first kappa shape index (κ1) is 25.7. The molecule has 1 amide bonds. The summed E-state index contributed by atoms with van der Waals surface area (Å²) in [4.78, 5) is 12.4. The molecule has 32 heavy (non-hydrogen) atoms. The van der Waals surface area contributed by atoms with Gasteiger partial charge in [-0.25, -0.2) is 8.42 Å². The molecule has 0 saturated heterocycles. The molecular formula is C23H29ClN2O5S. The first-order valence-corrected chi connectivity index (χ1v) is 12.1. The molecule has 2 aromatic carbocycles. The van der Waals surface area contributed by atoms with Gasteiger partial charge in [0.25, 0.3) is 0 Å². The van der Waals surface area contributed by atoms with Gasteiger partial charge in [0.2, 0.25) is 15.9 Å². The number of amides is 1. The lowest BCUT2D eigenvalue weighted by Crippen LogP contribution is -2.30. The molecule has 0 spiro atoms. The number of hydrogen-bond donors (Lipinski definition) is 1. The van der Waals surface area contributed by atoms with E-state index in [0.29, 0.717) is 41.8 Å². The zero-order valence-corrected chi connectivity index (χ0v) is 20.3. The van der Waals surface area contributed by atoms with E-state index in [1.54, 1.807) is 56.3 Å². The minimum absolute atomic E-state index is 0.234. The lowest BCUT2D eigenvalue weighted by molar-refractivity contribution is -0.116. The van der Waals surface area contributed by atoms with E-state index < -0.39 is 10.0 Å². The zero-order chi connectivity index (χ0) is 23.7. The highest BCUT2D eigenvalue weighted by Crippen LogP contribution is 2.36. The molecule has 0 saturated carbocycles. The van der Waals surface area contributed by atoms with E-state index >= 15 is 0 Å². The number of hydrogen-bond acceptors (Lipinski definition) is 5. The first-order chi connectivity index (χ1) is 15.3. The van der Waals surface area contributed by atoms with Crippen molar-refractivity contribution in [3.63, 3.8) is 0 Å². The molecule has 0 heterocycles. The van der Waals surface area contributed by atoms with Gasteiger partial charge in [0.1, 0.15) is 0 Å². The van der Waals surface area contributed by atoms with Crippen molar-refractivity contribution >= 4 is 33.6 Å². The molecule has 0 aliphatic rings. The fraction of sp³-hybridized carbons (Fsp3) is 0.348. The standard InChI is InChI=1S/C23H29ClN2O5S/c1-5-26(6-2)32(28,29)19-11-8-17(9-12-19)16-25-22(27)13-10-18-14-20(24)23(31-7-3)21(15-18)30-4/h8-15H,5-7,16H2,1-4H3,(H,25,27)/b13-10+. The molecule has 0 aliphatic heterocycles. The Morgan fingerprint density at radius 3 is 2.34 bits per heavy atom. The lowest BCUT2D eigenvalue weighted by atomic mass is 10.2. The van der Waals surface area contributed by atoms with E-state index in [9.17, 15) is 13.2 Å². The normalized spacial score (nSPS) is 11.7. The zero-order valence-electron chi connectivity index (χ0n) is 18.7. The molecule has 0 aliphatic carbocycles. The predicted octanol–water partition coefficient (Wildman–Crippen LogP) is 4.11. The Balaban J connectivity index is 2.01. The summed E-state index contributed by atoms with van der Waals surface area (Å²) in [5, 5.41) is 3.17. The van der Waals surface area contributed by atoms with Gasteiger partial charge in [0.15, 0.2) is 11.5 Å². The molecular weight excluding hydrogens is 452 g/mol. The topological polar surface area (TPSA) is 84.9 Å². The van der Waals surface area contributed by atoms with E-state index in [-0.39, 0.29) is 17.3 Å². The van der Waals surface area contributed by atoms with Crippen LogP contribution < -0.4 is 14.8 Å². The van der Waals surface area contributed by atoms with Crippen molar-refractivity contribution in [1.82, 2.24) is 9.62 Å². The van der Waals surface area contributed by atoms with Crippen LogP contribution in [0.5, 0.6) is 11.5 Å². The molecule has 0 radical (unpaired) electrons. The molecule has 0 bridgehead atoms. The maximum absolute atomic E-state index is 12.5. The van der Waals surface area contributed by atoms with Crippen LogP contribution in [-0.4, -0.2) is 45.4 Å². The van der Waals surface area contributed by atoms with Gasteiger partial charge in [-0.3, -0.25) is 4.79 Å². The number of carbonyl (C=O) groups excluding carboxylic acids is 1. The number of ether oxygens (including phenoxy) is 2. The molecule has 1 N–H and O–H groups in total. The minimum Gasteiger partial charge on any atom is -0.493 e. The number of halogens is 1. The minimum atomic E-state index is -3.50. The Hall–Kier alpha value is -2.55. The number of sulfonamides is 1. The monoisotopic (exact) mass is 480 g/mol.